The van der Waals surface area contributed by atoms with Crippen LogP contribution in [0.15, 0.2) is 47.0 Å². The second kappa shape index (κ2) is 6.96. The molecule has 25 heavy (non-hydrogen) atoms. The minimum absolute atomic E-state index is 0.0516. The van der Waals surface area contributed by atoms with Crippen LogP contribution in [-0.2, 0) is 4.79 Å². The Kier molecular flexibility index (Phi) is 4.74. The van der Waals surface area contributed by atoms with Crippen LogP contribution in [0, 0.1) is 0 Å². The zero-order valence-corrected chi connectivity index (χ0v) is 14.0. The van der Waals surface area contributed by atoms with Crippen LogP contribution in [0.4, 0.5) is 5.69 Å². The predicted octanol–water partition coefficient (Wildman–Crippen LogP) is 4.48. The normalized spacial score (nSPS) is 11.5. The summed E-state index contributed by atoms with van der Waals surface area (Å²) in [5, 5.41) is 12.5. The van der Waals surface area contributed by atoms with Gasteiger partial charge in [0.15, 0.2) is 11.9 Å². The van der Waals surface area contributed by atoms with E-state index in [0.717, 1.165) is 0 Å². The summed E-state index contributed by atoms with van der Waals surface area (Å²) in [4.78, 5) is 26.7. The molecule has 8 heteroatoms. The van der Waals surface area contributed by atoms with Gasteiger partial charge in [-0.15, -0.1) is 0 Å². The van der Waals surface area contributed by atoms with Crippen LogP contribution in [-0.4, -0.2) is 22.3 Å². The minimum Gasteiger partial charge on any atom is -0.478 e. The molecule has 2 aromatic carbocycles. The number of aldehydes is 1. The fourth-order valence-corrected chi connectivity index (χ4v) is 2.47. The van der Waals surface area contributed by atoms with Crippen molar-refractivity contribution in [1.82, 2.24) is 4.98 Å². The van der Waals surface area contributed by atoms with Crippen molar-refractivity contribution in [2.75, 3.05) is 5.32 Å². The first kappa shape index (κ1) is 17.0. The molecule has 6 nitrogen and oxygen atoms in total. The Labute approximate surface area is 151 Å². The Morgan fingerprint density at radius 1 is 1.20 bits per heavy atom. The molecule has 126 valence electrons. The van der Waals surface area contributed by atoms with Gasteiger partial charge in [0, 0.05) is 16.9 Å². The number of anilines is 1. The number of fused-ring (bicyclic) bond motifs is 1. The van der Waals surface area contributed by atoms with E-state index in [1.165, 1.54) is 18.3 Å². The molecule has 0 saturated heterocycles. The number of carboxylic acids is 1. The molecule has 0 atom stereocenters. The molecule has 0 spiro atoms. The number of nitrogens with zero attached hydrogens (tertiary/aromatic N) is 1. The lowest BCUT2D eigenvalue weighted by atomic mass is 10.2. The van der Waals surface area contributed by atoms with E-state index < -0.39 is 5.97 Å². The summed E-state index contributed by atoms with van der Waals surface area (Å²) in [5.41, 5.74) is 1.56. The smallest absolute Gasteiger partial charge is 0.337 e. The molecule has 0 unspecified atom stereocenters. The van der Waals surface area contributed by atoms with E-state index in [4.69, 9.17) is 32.7 Å². The number of aromatic nitrogens is 1. The Hall–Kier alpha value is -2.83. The Balaban J connectivity index is 1.91. The summed E-state index contributed by atoms with van der Waals surface area (Å²) in [6.45, 7) is 0. The Bertz CT molecular complexity index is 1010. The average Bonchev–Trinajstić information content (AvgIpc) is 2.99. The highest BCUT2D eigenvalue weighted by Crippen LogP contribution is 2.24. The molecule has 0 aliphatic heterocycles. The van der Waals surface area contributed by atoms with Crippen molar-refractivity contribution in [2.24, 2.45) is 0 Å². The van der Waals surface area contributed by atoms with Gasteiger partial charge < -0.3 is 14.8 Å². The summed E-state index contributed by atoms with van der Waals surface area (Å²) >= 11 is 11.7. The monoisotopic (exact) mass is 376 g/mol. The first-order chi connectivity index (χ1) is 12.0. The largest absolute Gasteiger partial charge is 0.478 e. The van der Waals surface area contributed by atoms with E-state index in [-0.39, 0.29) is 22.0 Å². The molecule has 0 fully saturated rings. The van der Waals surface area contributed by atoms with E-state index >= 15 is 0 Å². The number of hydrogen-bond acceptors (Lipinski definition) is 5. The number of rotatable bonds is 5. The number of nitrogens with one attached hydrogen (secondary N) is 1. The highest BCUT2D eigenvalue weighted by atomic mass is 35.5. The number of aromatic carboxylic acids is 1. The van der Waals surface area contributed by atoms with E-state index in [9.17, 15) is 9.59 Å². The summed E-state index contributed by atoms with van der Waals surface area (Å²) in [6.07, 6.45) is 1.95. The van der Waals surface area contributed by atoms with Crippen LogP contribution in [0.1, 0.15) is 16.2 Å². The number of hydrogen-bond donors (Lipinski definition) is 2. The highest BCUT2D eigenvalue weighted by molar-refractivity contribution is 6.33. The van der Waals surface area contributed by atoms with Crippen molar-refractivity contribution in [1.29, 1.82) is 0 Å². The van der Waals surface area contributed by atoms with E-state index in [0.29, 0.717) is 28.1 Å². The van der Waals surface area contributed by atoms with Crippen molar-refractivity contribution in [2.45, 2.75) is 0 Å². The van der Waals surface area contributed by atoms with E-state index in [1.807, 2.05) is 0 Å². The maximum absolute atomic E-state index is 11.4. The summed E-state index contributed by atoms with van der Waals surface area (Å²) in [6, 6.07) is 9.32. The number of carbonyl (C=O) groups excluding carboxylic acids is 1. The van der Waals surface area contributed by atoms with Crippen LogP contribution in [0.2, 0.25) is 10.0 Å². The molecular weight excluding hydrogens is 367 g/mol. The summed E-state index contributed by atoms with van der Waals surface area (Å²) < 4.78 is 5.52. The van der Waals surface area contributed by atoms with Crippen LogP contribution >= 0.6 is 23.2 Å². The molecule has 3 rings (SSSR count). The van der Waals surface area contributed by atoms with Gasteiger partial charge >= 0.3 is 5.97 Å². The van der Waals surface area contributed by atoms with Gasteiger partial charge in [0.05, 0.1) is 16.2 Å². The van der Waals surface area contributed by atoms with Gasteiger partial charge in [-0.3, -0.25) is 4.79 Å². The lowest BCUT2D eigenvalue weighted by molar-refractivity contribution is -0.103. The predicted molar refractivity (Wildman–Crippen MR) is 95.1 cm³/mol. The van der Waals surface area contributed by atoms with E-state index in [2.05, 4.69) is 10.3 Å². The van der Waals surface area contributed by atoms with E-state index in [1.54, 1.807) is 24.3 Å². The minimum atomic E-state index is -1.15. The number of oxazole rings is 1. The molecule has 0 bridgehead atoms. The third-order valence-electron chi connectivity index (χ3n) is 3.31. The van der Waals surface area contributed by atoms with Gasteiger partial charge in [0.1, 0.15) is 5.52 Å². The van der Waals surface area contributed by atoms with Gasteiger partial charge in [-0.1, -0.05) is 23.2 Å². The average molecular weight is 377 g/mol. The summed E-state index contributed by atoms with van der Waals surface area (Å²) in [5.74, 6) is -1.03. The fourth-order valence-electron chi connectivity index (χ4n) is 2.11. The van der Waals surface area contributed by atoms with Crippen LogP contribution in [0.3, 0.4) is 0 Å². The standard InChI is InChI=1S/C17H10Cl2N2O4/c18-10-1-4-15-14(5-10)21-16(25-15)9(8-22)7-20-11-2-3-13(19)12(6-11)17(23)24/h1-8,20H,(H,23,24)/b9-7+. The SMILES string of the molecule is O=C/C(=C\Nc1ccc(Cl)c(C(=O)O)c1)c1nc2cc(Cl)ccc2o1. The fraction of sp³-hybridized carbons (Fsp3) is 0. The van der Waals surface area contributed by atoms with Crippen LogP contribution in [0.5, 0.6) is 0 Å². The third-order valence-corrected chi connectivity index (χ3v) is 3.88. The Morgan fingerprint density at radius 2 is 2.00 bits per heavy atom. The van der Waals surface area contributed by atoms with Gasteiger partial charge in [-0.05, 0) is 36.4 Å². The molecule has 1 aromatic heterocycles. The van der Waals surface area contributed by atoms with Crippen molar-refractivity contribution in [3.8, 4) is 0 Å². The molecule has 1 heterocycles. The maximum atomic E-state index is 11.4. The number of allylic oxidation sites excluding steroid dienone is 1. The number of benzene rings is 2. The van der Waals surface area contributed by atoms with Crippen LogP contribution in [0.25, 0.3) is 16.7 Å². The topological polar surface area (TPSA) is 92.4 Å². The number of carbonyl (C=O) groups is 2. The lowest BCUT2D eigenvalue weighted by Gasteiger charge is -2.04. The second-order valence-electron chi connectivity index (χ2n) is 4.99. The zero-order chi connectivity index (χ0) is 18.0. The van der Waals surface area contributed by atoms with Gasteiger partial charge in [-0.2, -0.15) is 0 Å². The zero-order valence-electron chi connectivity index (χ0n) is 12.5. The highest BCUT2D eigenvalue weighted by Gasteiger charge is 2.12. The number of halogens is 2. The van der Waals surface area contributed by atoms with Crippen molar-refractivity contribution >= 4 is 57.8 Å². The Morgan fingerprint density at radius 3 is 2.72 bits per heavy atom. The first-order valence-electron chi connectivity index (χ1n) is 6.99. The van der Waals surface area contributed by atoms with Crippen molar-refractivity contribution < 1.29 is 19.1 Å². The summed E-state index contributed by atoms with van der Waals surface area (Å²) in [7, 11) is 0. The molecule has 0 saturated carbocycles. The molecule has 0 amide bonds. The molecule has 0 radical (unpaired) electrons. The van der Waals surface area contributed by atoms with Crippen molar-refractivity contribution in [3.63, 3.8) is 0 Å². The molecule has 0 aliphatic carbocycles. The molecule has 2 N–H and O–H groups in total. The second-order valence-corrected chi connectivity index (χ2v) is 5.84. The van der Waals surface area contributed by atoms with Crippen molar-refractivity contribution in [3.05, 3.63) is 64.1 Å². The molecule has 0 aliphatic rings. The number of carboxylic acid groups (broad SMARTS) is 1. The van der Waals surface area contributed by atoms with Gasteiger partial charge in [0.2, 0.25) is 5.89 Å². The molecular formula is C17H10Cl2N2O4. The van der Waals surface area contributed by atoms with Gasteiger partial charge in [-0.25, -0.2) is 9.78 Å². The maximum Gasteiger partial charge on any atom is 0.337 e. The first-order valence-corrected chi connectivity index (χ1v) is 7.74. The third kappa shape index (κ3) is 3.65. The van der Waals surface area contributed by atoms with Crippen LogP contribution < -0.4 is 5.32 Å². The molecule has 3 aromatic rings. The van der Waals surface area contributed by atoms with Gasteiger partial charge in [0.25, 0.3) is 0 Å². The quantitative estimate of drug-likeness (QED) is 0.503. The lowest BCUT2D eigenvalue weighted by Crippen LogP contribution is -1.99.